The number of carbonyl (C=O) groups excluding carboxylic acids is 2. The van der Waals surface area contributed by atoms with E-state index in [4.69, 9.17) is 9.47 Å². The Kier molecular flexibility index (Phi) is 7.22. The van der Waals surface area contributed by atoms with Gasteiger partial charge in [0.1, 0.15) is 23.8 Å². The number of rotatable bonds is 7. The van der Waals surface area contributed by atoms with Crippen LogP contribution in [0, 0.1) is 5.82 Å². The number of carbonyl (C=O) groups is 2. The van der Waals surface area contributed by atoms with Crippen LogP contribution in [0.3, 0.4) is 0 Å². The Hall–Kier alpha value is -3.72. The molecule has 1 fully saturated rings. The summed E-state index contributed by atoms with van der Waals surface area (Å²) in [7, 11) is 3.27. The Morgan fingerprint density at radius 2 is 1.88 bits per heavy atom. The van der Waals surface area contributed by atoms with Gasteiger partial charge < -0.3 is 19.3 Å². The van der Waals surface area contributed by atoms with Gasteiger partial charge in [0.15, 0.2) is 0 Å². The molecule has 9 heteroatoms. The zero-order valence-electron chi connectivity index (χ0n) is 19.2. The summed E-state index contributed by atoms with van der Waals surface area (Å²) < 4.78 is 26.8. The van der Waals surface area contributed by atoms with Gasteiger partial charge in [0.05, 0.1) is 19.8 Å². The van der Waals surface area contributed by atoms with Crippen molar-refractivity contribution in [1.29, 1.82) is 0 Å². The van der Waals surface area contributed by atoms with Crippen molar-refractivity contribution in [3.63, 3.8) is 0 Å². The van der Waals surface area contributed by atoms with Crippen molar-refractivity contribution in [2.75, 3.05) is 26.7 Å². The van der Waals surface area contributed by atoms with Gasteiger partial charge in [-0.05, 0) is 29.8 Å². The first kappa shape index (κ1) is 23.4. The van der Waals surface area contributed by atoms with Gasteiger partial charge in [-0.3, -0.25) is 14.3 Å². The first-order chi connectivity index (χ1) is 16.4. The summed E-state index contributed by atoms with van der Waals surface area (Å²) in [5.74, 6) is -0.127. The molecule has 34 heavy (non-hydrogen) atoms. The molecule has 1 aromatic heterocycles. The maximum Gasteiger partial charge on any atom is 0.272 e. The number of hydrogen-bond donors (Lipinski definition) is 0. The lowest BCUT2D eigenvalue weighted by Gasteiger charge is -2.25. The van der Waals surface area contributed by atoms with Crippen LogP contribution in [0.15, 0.2) is 60.8 Å². The predicted octanol–water partition coefficient (Wildman–Crippen LogP) is 2.64. The fraction of sp³-hybridized carbons (Fsp3) is 0.320. The van der Waals surface area contributed by atoms with E-state index in [0.29, 0.717) is 17.8 Å². The number of ether oxygens (including phenoxy) is 2. The van der Waals surface area contributed by atoms with Crippen LogP contribution in [-0.4, -0.2) is 64.2 Å². The van der Waals surface area contributed by atoms with Crippen LogP contribution in [0.2, 0.25) is 0 Å². The van der Waals surface area contributed by atoms with Crippen LogP contribution in [0.5, 0.6) is 5.75 Å². The highest BCUT2D eigenvalue weighted by Gasteiger charge is 2.32. The van der Waals surface area contributed by atoms with Crippen molar-refractivity contribution < 1.29 is 23.5 Å². The van der Waals surface area contributed by atoms with Crippen molar-refractivity contribution in [1.82, 2.24) is 19.6 Å². The second-order valence-electron chi connectivity index (χ2n) is 8.17. The van der Waals surface area contributed by atoms with E-state index in [1.807, 2.05) is 24.3 Å². The van der Waals surface area contributed by atoms with Crippen molar-refractivity contribution >= 4 is 11.8 Å². The van der Waals surface area contributed by atoms with Crippen LogP contribution in [0.4, 0.5) is 4.39 Å². The second kappa shape index (κ2) is 10.5. The van der Waals surface area contributed by atoms with E-state index >= 15 is 0 Å². The molecule has 0 saturated carbocycles. The van der Waals surface area contributed by atoms with Gasteiger partial charge in [-0.25, -0.2) is 4.39 Å². The van der Waals surface area contributed by atoms with Crippen LogP contribution in [0.1, 0.15) is 21.6 Å². The fourth-order valence-electron chi connectivity index (χ4n) is 3.91. The predicted molar refractivity (Wildman–Crippen MR) is 122 cm³/mol. The summed E-state index contributed by atoms with van der Waals surface area (Å²) in [6, 6.07) is 15.5. The fourth-order valence-corrected chi connectivity index (χ4v) is 3.91. The molecule has 1 saturated heterocycles. The summed E-state index contributed by atoms with van der Waals surface area (Å²) in [6.07, 6.45) is 1.04. The quantitative estimate of drug-likeness (QED) is 0.535. The monoisotopic (exact) mass is 466 g/mol. The average molecular weight is 467 g/mol. The van der Waals surface area contributed by atoms with Crippen LogP contribution < -0.4 is 4.74 Å². The molecule has 2 heterocycles. The summed E-state index contributed by atoms with van der Waals surface area (Å²) in [4.78, 5) is 29.5. The Labute approximate surface area is 197 Å². The van der Waals surface area contributed by atoms with E-state index in [2.05, 4.69) is 5.10 Å². The Morgan fingerprint density at radius 1 is 1.12 bits per heavy atom. The van der Waals surface area contributed by atoms with E-state index in [-0.39, 0.29) is 43.9 Å². The molecule has 1 unspecified atom stereocenters. The number of nitrogens with zero attached hydrogens (tertiary/aromatic N) is 4. The van der Waals surface area contributed by atoms with E-state index in [9.17, 15) is 14.0 Å². The number of hydrogen-bond acceptors (Lipinski definition) is 5. The molecule has 0 spiro atoms. The van der Waals surface area contributed by atoms with E-state index < -0.39 is 6.10 Å². The highest BCUT2D eigenvalue weighted by molar-refractivity contribution is 5.95. The van der Waals surface area contributed by atoms with Crippen LogP contribution in [0.25, 0.3) is 0 Å². The number of methoxy groups -OCH3 is 1. The maximum atomic E-state index is 14.1. The van der Waals surface area contributed by atoms with Crippen molar-refractivity contribution in [3.05, 3.63) is 83.4 Å². The molecule has 8 nitrogen and oxygen atoms in total. The van der Waals surface area contributed by atoms with Crippen molar-refractivity contribution in [2.24, 2.45) is 7.05 Å². The Morgan fingerprint density at radius 3 is 2.56 bits per heavy atom. The Balaban J connectivity index is 1.54. The molecule has 2 aromatic carbocycles. The lowest BCUT2D eigenvalue weighted by molar-refractivity contribution is -0.132. The standard InChI is InChI=1S/C25H27FN4O4/c1-28-23(11-12-27-28)25(32)30-15-21(34-17-19-5-3-4-6-22(19)26)14-29(24(31)16-30)13-18-7-9-20(33-2)10-8-18/h3-12,21H,13-17H2,1-2H3. The summed E-state index contributed by atoms with van der Waals surface area (Å²) in [5.41, 5.74) is 1.72. The minimum Gasteiger partial charge on any atom is -0.497 e. The molecule has 1 atom stereocenters. The molecule has 3 aromatic rings. The Bertz CT molecular complexity index is 1150. The summed E-state index contributed by atoms with van der Waals surface area (Å²) in [6.45, 7) is 0.781. The van der Waals surface area contributed by atoms with Gasteiger partial charge in [-0.1, -0.05) is 30.3 Å². The molecule has 1 aliphatic rings. The smallest absolute Gasteiger partial charge is 0.272 e. The average Bonchev–Trinajstić information content (AvgIpc) is 3.21. The van der Waals surface area contributed by atoms with Crippen molar-refractivity contribution in [2.45, 2.75) is 19.3 Å². The molecule has 0 radical (unpaired) electrons. The molecular formula is C25H27FN4O4. The largest absolute Gasteiger partial charge is 0.497 e. The minimum absolute atomic E-state index is 0.0373. The molecule has 4 rings (SSSR count). The molecule has 178 valence electrons. The van der Waals surface area contributed by atoms with Crippen LogP contribution in [-0.2, 0) is 29.7 Å². The number of benzene rings is 2. The number of aromatic nitrogens is 2. The van der Waals surface area contributed by atoms with Crippen molar-refractivity contribution in [3.8, 4) is 5.75 Å². The maximum absolute atomic E-state index is 14.1. The summed E-state index contributed by atoms with van der Waals surface area (Å²) >= 11 is 0. The van der Waals surface area contributed by atoms with E-state index in [1.165, 1.54) is 21.8 Å². The normalized spacial score (nSPS) is 16.4. The number of amides is 2. The first-order valence-corrected chi connectivity index (χ1v) is 11.0. The molecular weight excluding hydrogens is 439 g/mol. The summed E-state index contributed by atoms with van der Waals surface area (Å²) in [5, 5.41) is 4.06. The molecule has 0 N–H and O–H groups in total. The van der Waals surface area contributed by atoms with E-state index in [1.54, 1.807) is 43.3 Å². The highest BCUT2D eigenvalue weighted by Crippen LogP contribution is 2.18. The van der Waals surface area contributed by atoms with E-state index in [0.717, 1.165) is 11.3 Å². The van der Waals surface area contributed by atoms with Gasteiger partial charge >= 0.3 is 0 Å². The third-order valence-corrected chi connectivity index (χ3v) is 5.82. The minimum atomic E-state index is -0.499. The van der Waals surface area contributed by atoms with Crippen LogP contribution >= 0.6 is 0 Å². The second-order valence-corrected chi connectivity index (χ2v) is 8.17. The molecule has 0 bridgehead atoms. The SMILES string of the molecule is COc1ccc(CN2CC(OCc3ccccc3F)CN(C(=O)c3ccnn3C)CC2=O)cc1. The van der Waals surface area contributed by atoms with Gasteiger partial charge in [0, 0.05) is 38.4 Å². The molecule has 1 aliphatic heterocycles. The number of halogens is 1. The number of aryl methyl sites for hydroxylation is 1. The first-order valence-electron chi connectivity index (χ1n) is 11.0. The highest BCUT2D eigenvalue weighted by atomic mass is 19.1. The third kappa shape index (κ3) is 5.43. The van der Waals surface area contributed by atoms with Gasteiger partial charge in [0.25, 0.3) is 5.91 Å². The molecule has 0 aliphatic carbocycles. The lowest BCUT2D eigenvalue weighted by Crippen LogP contribution is -2.40. The third-order valence-electron chi connectivity index (χ3n) is 5.82. The zero-order valence-corrected chi connectivity index (χ0v) is 19.2. The van der Waals surface area contributed by atoms with Gasteiger partial charge in [-0.15, -0.1) is 0 Å². The zero-order chi connectivity index (χ0) is 24.1. The lowest BCUT2D eigenvalue weighted by atomic mass is 10.2. The molecule has 2 amide bonds. The van der Waals surface area contributed by atoms with Gasteiger partial charge in [-0.2, -0.15) is 5.10 Å². The van der Waals surface area contributed by atoms with Gasteiger partial charge in [0.2, 0.25) is 5.91 Å². The topological polar surface area (TPSA) is 76.9 Å².